The van der Waals surface area contributed by atoms with E-state index >= 15 is 0 Å². The normalized spacial score (nSPS) is 17.0. The Morgan fingerprint density at radius 2 is 1.97 bits per heavy atom. The molecule has 0 spiro atoms. The Morgan fingerprint density at radius 3 is 2.65 bits per heavy atom. The summed E-state index contributed by atoms with van der Waals surface area (Å²) in [6.07, 6.45) is -1.19. The van der Waals surface area contributed by atoms with Crippen molar-refractivity contribution in [3.8, 4) is 0 Å². The van der Waals surface area contributed by atoms with Crippen molar-refractivity contribution in [2.24, 2.45) is 0 Å². The maximum absolute atomic E-state index is 12.8. The summed E-state index contributed by atoms with van der Waals surface area (Å²) in [5.41, 5.74) is 0.752. The third-order valence-corrected chi connectivity index (χ3v) is 5.99. The van der Waals surface area contributed by atoms with Crippen LogP contribution >= 0.6 is 15.9 Å². The van der Waals surface area contributed by atoms with Crippen LogP contribution in [0.5, 0.6) is 0 Å². The van der Waals surface area contributed by atoms with Crippen LogP contribution in [0.25, 0.3) is 10.9 Å². The number of nitrogens with one attached hydrogen (secondary N) is 1. The second-order valence-electron chi connectivity index (χ2n) is 7.45. The van der Waals surface area contributed by atoms with Crippen molar-refractivity contribution in [3.05, 3.63) is 58.3 Å². The maximum Gasteiger partial charge on any atom is 0.417 e. The van der Waals surface area contributed by atoms with E-state index in [0.717, 1.165) is 27.6 Å². The van der Waals surface area contributed by atoms with Gasteiger partial charge in [0.25, 0.3) is 0 Å². The topological polar surface area (TPSA) is 72.5 Å². The monoisotopic (exact) mass is 496 g/mol. The Bertz CT molecular complexity index is 1080. The summed E-state index contributed by atoms with van der Waals surface area (Å²) >= 11 is 3.42. The van der Waals surface area contributed by atoms with Crippen LogP contribution in [0.15, 0.2) is 47.2 Å². The highest BCUT2D eigenvalue weighted by Crippen LogP contribution is 2.32. The number of aliphatic carboxylic acids is 1. The first-order valence-corrected chi connectivity index (χ1v) is 10.5. The number of aromatic amines is 1. The van der Waals surface area contributed by atoms with Gasteiger partial charge in [-0.25, -0.2) is 4.98 Å². The Labute approximate surface area is 184 Å². The molecule has 2 aromatic heterocycles. The molecular formula is C21H20BrF3N4O2. The zero-order valence-electron chi connectivity index (χ0n) is 16.4. The summed E-state index contributed by atoms with van der Waals surface area (Å²) in [4.78, 5) is 23.1. The highest BCUT2D eigenvalue weighted by atomic mass is 79.9. The molecule has 1 atom stereocenters. The zero-order valence-corrected chi connectivity index (χ0v) is 17.9. The molecule has 0 saturated carbocycles. The number of rotatable bonds is 4. The molecular weight excluding hydrogens is 477 g/mol. The van der Waals surface area contributed by atoms with Gasteiger partial charge in [0.15, 0.2) is 0 Å². The molecule has 1 aliphatic rings. The zero-order chi connectivity index (χ0) is 22.2. The molecule has 0 aliphatic carbocycles. The number of carboxylic acids is 1. The lowest BCUT2D eigenvalue weighted by molar-refractivity contribution is -0.143. The molecule has 6 nitrogen and oxygen atoms in total. The van der Waals surface area contributed by atoms with E-state index in [2.05, 4.69) is 25.9 Å². The van der Waals surface area contributed by atoms with Crippen LogP contribution in [0, 0.1) is 0 Å². The van der Waals surface area contributed by atoms with Crippen molar-refractivity contribution in [2.75, 3.05) is 31.1 Å². The average molecular weight is 497 g/mol. The van der Waals surface area contributed by atoms with Crippen molar-refractivity contribution in [1.82, 2.24) is 14.9 Å². The molecule has 3 heterocycles. The standard InChI is InChI=1S/C21H20BrF3N4O2/c22-14-3-4-15-16(12-26-17(15)10-14)19(20(30)31)29-7-1-6-28(8-9-29)18-5-2-13(11-27-18)21(23,24)25/h2-5,10-12,19,26H,1,6-9H2,(H,30,31)/t19-/m1/s1. The molecule has 1 saturated heterocycles. The number of anilines is 1. The quantitative estimate of drug-likeness (QED) is 0.548. The number of hydrogen-bond donors (Lipinski definition) is 2. The fourth-order valence-corrected chi connectivity index (χ4v) is 4.36. The molecule has 0 radical (unpaired) electrons. The smallest absolute Gasteiger partial charge is 0.417 e. The van der Waals surface area contributed by atoms with Gasteiger partial charge in [-0.2, -0.15) is 13.2 Å². The van der Waals surface area contributed by atoms with Crippen LogP contribution in [0.2, 0.25) is 0 Å². The van der Waals surface area contributed by atoms with Crippen LogP contribution in [0.4, 0.5) is 19.0 Å². The molecule has 0 amide bonds. The van der Waals surface area contributed by atoms with Gasteiger partial charge in [-0.05, 0) is 30.7 Å². The molecule has 164 valence electrons. The Hall–Kier alpha value is -2.59. The largest absolute Gasteiger partial charge is 0.480 e. The molecule has 0 bridgehead atoms. The number of halogens is 4. The van der Waals surface area contributed by atoms with Crippen molar-refractivity contribution in [1.29, 1.82) is 0 Å². The predicted octanol–water partition coefficient (Wildman–Crippen LogP) is 4.68. The van der Waals surface area contributed by atoms with Crippen LogP contribution in [-0.4, -0.2) is 52.1 Å². The van der Waals surface area contributed by atoms with E-state index in [1.54, 1.807) is 6.20 Å². The fourth-order valence-electron chi connectivity index (χ4n) is 4.00. The predicted molar refractivity (Wildman–Crippen MR) is 114 cm³/mol. The number of benzene rings is 1. The number of nitrogens with zero attached hydrogens (tertiary/aromatic N) is 3. The minimum Gasteiger partial charge on any atom is -0.480 e. The number of alkyl halides is 3. The van der Waals surface area contributed by atoms with Crippen LogP contribution in [0.1, 0.15) is 23.6 Å². The minimum atomic E-state index is -4.43. The summed E-state index contributed by atoms with van der Waals surface area (Å²) in [7, 11) is 0. The lowest BCUT2D eigenvalue weighted by Crippen LogP contribution is -2.37. The van der Waals surface area contributed by atoms with Crippen LogP contribution in [-0.2, 0) is 11.0 Å². The maximum atomic E-state index is 12.8. The summed E-state index contributed by atoms with van der Waals surface area (Å²) in [5, 5.41) is 10.8. The highest BCUT2D eigenvalue weighted by molar-refractivity contribution is 9.10. The van der Waals surface area contributed by atoms with Gasteiger partial charge in [0, 0.05) is 59.5 Å². The number of fused-ring (bicyclic) bond motifs is 1. The second kappa shape index (κ2) is 8.51. The van der Waals surface area contributed by atoms with Crippen molar-refractivity contribution in [2.45, 2.75) is 18.6 Å². The highest BCUT2D eigenvalue weighted by Gasteiger charge is 2.33. The van der Waals surface area contributed by atoms with Gasteiger partial charge in [0.1, 0.15) is 11.9 Å². The molecule has 10 heteroatoms. The summed E-state index contributed by atoms with van der Waals surface area (Å²) in [6, 6.07) is 7.23. The van der Waals surface area contributed by atoms with Gasteiger partial charge in [-0.3, -0.25) is 9.69 Å². The van der Waals surface area contributed by atoms with Gasteiger partial charge >= 0.3 is 12.1 Å². The molecule has 4 rings (SSSR count). The first kappa shape index (κ1) is 21.6. The number of H-pyrrole nitrogens is 1. The minimum absolute atomic E-state index is 0.447. The summed E-state index contributed by atoms with van der Waals surface area (Å²) < 4.78 is 39.3. The van der Waals surface area contributed by atoms with E-state index in [-0.39, 0.29) is 0 Å². The van der Waals surface area contributed by atoms with E-state index in [1.807, 2.05) is 28.0 Å². The number of carboxylic acid groups (broad SMARTS) is 1. The van der Waals surface area contributed by atoms with Gasteiger partial charge in [0.05, 0.1) is 5.56 Å². The van der Waals surface area contributed by atoms with Gasteiger partial charge < -0.3 is 15.0 Å². The van der Waals surface area contributed by atoms with Crippen molar-refractivity contribution in [3.63, 3.8) is 0 Å². The number of hydrogen-bond acceptors (Lipinski definition) is 4. The van der Waals surface area contributed by atoms with E-state index in [9.17, 15) is 23.1 Å². The number of aromatic nitrogens is 2. The van der Waals surface area contributed by atoms with E-state index in [0.29, 0.717) is 44.0 Å². The lowest BCUT2D eigenvalue weighted by atomic mass is 10.0. The average Bonchev–Trinajstić information content (AvgIpc) is 2.96. The van der Waals surface area contributed by atoms with Crippen LogP contribution < -0.4 is 4.90 Å². The van der Waals surface area contributed by atoms with Crippen molar-refractivity contribution < 1.29 is 23.1 Å². The lowest BCUT2D eigenvalue weighted by Gasteiger charge is -2.27. The third kappa shape index (κ3) is 4.54. The van der Waals surface area contributed by atoms with E-state index < -0.39 is 23.8 Å². The number of pyridine rings is 1. The molecule has 1 aliphatic heterocycles. The first-order valence-electron chi connectivity index (χ1n) is 9.75. The van der Waals surface area contributed by atoms with E-state index in [4.69, 9.17) is 0 Å². The Balaban J connectivity index is 1.54. The molecule has 1 aromatic carbocycles. The Morgan fingerprint density at radius 1 is 1.16 bits per heavy atom. The van der Waals surface area contributed by atoms with Crippen LogP contribution in [0.3, 0.4) is 0 Å². The first-order chi connectivity index (χ1) is 14.7. The van der Waals surface area contributed by atoms with Crippen molar-refractivity contribution >= 4 is 38.6 Å². The molecule has 3 aromatic rings. The molecule has 2 N–H and O–H groups in total. The van der Waals surface area contributed by atoms with E-state index in [1.165, 1.54) is 6.07 Å². The second-order valence-corrected chi connectivity index (χ2v) is 8.37. The summed E-state index contributed by atoms with van der Waals surface area (Å²) in [5.74, 6) is -0.483. The fraction of sp³-hybridized carbons (Fsp3) is 0.333. The SMILES string of the molecule is O=C(O)[C@@H](c1c[nH]c2cc(Br)ccc12)N1CCCN(c2ccc(C(F)(F)F)cn2)CC1. The molecule has 31 heavy (non-hydrogen) atoms. The summed E-state index contributed by atoms with van der Waals surface area (Å²) in [6.45, 7) is 2.05. The van der Waals surface area contributed by atoms with Gasteiger partial charge in [0.2, 0.25) is 0 Å². The number of carbonyl (C=O) groups is 1. The molecule has 1 fully saturated rings. The molecule has 0 unspecified atom stereocenters. The van der Waals surface area contributed by atoms with Gasteiger partial charge in [-0.1, -0.05) is 22.0 Å². The van der Waals surface area contributed by atoms with Gasteiger partial charge in [-0.15, -0.1) is 0 Å². The Kier molecular flexibility index (Phi) is 5.94. The third-order valence-electron chi connectivity index (χ3n) is 5.50.